The number of amides is 1. The van der Waals surface area contributed by atoms with Gasteiger partial charge in [0.2, 0.25) is 0 Å². The van der Waals surface area contributed by atoms with Crippen LogP contribution in [0.15, 0.2) is 42.5 Å². The van der Waals surface area contributed by atoms with Crippen molar-refractivity contribution in [2.24, 2.45) is 0 Å². The number of aromatic nitrogens is 1. The van der Waals surface area contributed by atoms with E-state index in [4.69, 9.17) is 27.9 Å². The molecular weight excluding hydrogens is 311 g/mol. The van der Waals surface area contributed by atoms with E-state index >= 15 is 0 Å². The standard InChI is InChI=1S/C15H14Cl2N2O2/c16-12-7-8-13(17)19-14(12)15(20)18-9-4-10-21-11-5-2-1-3-6-11/h1-3,5-8H,4,9-10H2,(H,18,20). The molecule has 21 heavy (non-hydrogen) atoms. The summed E-state index contributed by atoms with van der Waals surface area (Å²) >= 11 is 11.6. The second-order valence-electron chi connectivity index (χ2n) is 4.24. The summed E-state index contributed by atoms with van der Waals surface area (Å²) in [7, 11) is 0. The fourth-order valence-electron chi connectivity index (χ4n) is 1.64. The lowest BCUT2D eigenvalue weighted by Crippen LogP contribution is -2.26. The van der Waals surface area contributed by atoms with Gasteiger partial charge in [0.25, 0.3) is 5.91 Å². The molecule has 0 atom stereocenters. The van der Waals surface area contributed by atoms with Crippen LogP contribution >= 0.6 is 23.2 Å². The third kappa shape index (κ3) is 4.92. The van der Waals surface area contributed by atoms with E-state index in [0.717, 1.165) is 5.75 Å². The molecule has 0 aliphatic heterocycles. The summed E-state index contributed by atoms with van der Waals surface area (Å²) in [6.07, 6.45) is 0.679. The topological polar surface area (TPSA) is 51.2 Å². The lowest BCUT2D eigenvalue weighted by atomic mass is 10.3. The zero-order valence-electron chi connectivity index (χ0n) is 11.2. The minimum Gasteiger partial charge on any atom is -0.494 e. The molecule has 4 nitrogen and oxygen atoms in total. The Labute approximate surface area is 133 Å². The third-order valence-electron chi connectivity index (χ3n) is 2.65. The molecule has 0 aliphatic rings. The maximum Gasteiger partial charge on any atom is 0.271 e. The Morgan fingerprint density at radius 2 is 1.90 bits per heavy atom. The van der Waals surface area contributed by atoms with Crippen molar-refractivity contribution in [1.29, 1.82) is 0 Å². The van der Waals surface area contributed by atoms with Crippen molar-refractivity contribution in [3.8, 4) is 5.75 Å². The lowest BCUT2D eigenvalue weighted by Gasteiger charge is -2.08. The van der Waals surface area contributed by atoms with Gasteiger partial charge in [-0.15, -0.1) is 0 Å². The average Bonchev–Trinajstić information content (AvgIpc) is 2.50. The van der Waals surface area contributed by atoms with Gasteiger partial charge < -0.3 is 10.1 Å². The Hall–Kier alpha value is -1.78. The van der Waals surface area contributed by atoms with Crippen LogP contribution in [-0.4, -0.2) is 24.0 Å². The number of rotatable bonds is 6. The van der Waals surface area contributed by atoms with Crippen molar-refractivity contribution in [3.05, 3.63) is 58.3 Å². The highest BCUT2D eigenvalue weighted by Crippen LogP contribution is 2.16. The number of carbonyl (C=O) groups is 1. The Morgan fingerprint density at radius 3 is 2.67 bits per heavy atom. The summed E-state index contributed by atoms with van der Waals surface area (Å²) < 4.78 is 5.52. The van der Waals surface area contributed by atoms with E-state index in [0.29, 0.717) is 19.6 Å². The number of halogens is 2. The van der Waals surface area contributed by atoms with Gasteiger partial charge in [-0.05, 0) is 30.7 Å². The van der Waals surface area contributed by atoms with E-state index in [1.54, 1.807) is 6.07 Å². The summed E-state index contributed by atoms with van der Waals surface area (Å²) in [5.74, 6) is 0.464. The normalized spacial score (nSPS) is 10.2. The zero-order valence-corrected chi connectivity index (χ0v) is 12.7. The number of nitrogens with one attached hydrogen (secondary N) is 1. The van der Waals surface area contributed by atoms with Crippen molar-refractivity contribution in [2.45, 2.75) is 6.42 Å². The van der Waals surface area contributed by atoms with Crippen LogP contribution in [0, 0.1) is 0 Å². The van der Waals surface area contributed by atoms with Crippen molar-refractivity contribution in [3.63, 3.8) is 0 Å². The summed E-state index contributed by atoms with van der Waals surface area (Å²) in [6.45, 7) is 0.983. The van der Waals surface area contributed by atoms with Crippen LogP contribution in [0.2, 0.25) is 10.2 Å². The Kier molecular flexibility index (Phi) is 5.84. The Bertz CT molecular complexity index is 606. The molecule has 0 bridgehead atoms. The summed E-state index contributed by atoms with van der Waals surface area (Å²) in [4.78, 5) is 15.8. The fourth-order valence-corrected chi connectivity index (χ4v) is 1.98. The van der Waals surface area contributed by atoms with Gasteiger partial charge in [0.05, 0.1) is 11.6 Å². The second kappa shape index (κ2) is 7.86. The molecule has 1 N–H and O–H groups in total. The predicted octanol–water partition coefficient (Wildman–Crippen LogP) is 3.59. The number of hydrogen-bond donors (Lipinski definition) is 1. The minimum atomic E-state index is -0.345. The van der Waals surface area contributed by atoms with Crippen LogP contribution in [0.4, 0.5) is 0 Å². The van der Waals surface area contributed by atoms with E-state index in [-0.39, 0.29) is 21.8 Å². The molecule has 2 rings (SSSR count). The highest BCUT2D eigenvalue weighted by molar-refractivity contribution is 6.34. The molecule has 0 aliphatic carbocycles. The van der Waals surface area contributed by atoms with Crippen LogP contribution in [0.25, 0.3) is 0 Å². The Morgan fingerprint density at radius 1 is 1.14 bits per heavy atom. The number of pyridine rings is 1. The van der Waals surface area contributed by atoms with Crippen LogP contribution in [0.3, 0.4) is 0 Å². The molecule has 0 saturated carbocycles. The molecule has 0 unspecified atom stereocenters. The van der Waals surface area contributed by atoms with Gasteiger partial charge in [-0.25, -0.2) is 4.98 Å². The van der Waals surface area contributed by atoms with E-state index in [9.17, 15) is 4.79 Å². The van der Waals surface area contributed by atoms with Crippen molar-refractivity contribution in [1.82, 2.24) is 10.3 Å². The largest absolute Gasteiger partial charge is 0.494 e. The first kappa shape index (κ1) is 15.6. The molecule has 1 amide bonds. The number of para-hydroxylation sites is 1. The van der Waals surface area contributed by atoms with Crippen LogP contribution in [0.1, 0.15) is 16.9 Å². The first-order valence-electron chi connectivity index (χ1n) is 6.45. The molecule has 1 aromatic heterocycles. The fraction of sp³-hybridized carbons (Fsp3) is 0.200. The zero-order chi connectivity index (χ0) is 15.1. The number of benzene rings is 1. The van der Waals surface area contributed by atoms with Gasteiger partial charge in [-0.2, -0.15) is 0 Å². The Balaban J connectivity index is 1.73. The lowest BCUT2D eigenvalue weighted by molar-refractivity contribution is 0.0947. The van der Waals surface area contributed by atoms with Gasteiger partial charge in [0.15, 0.2) is 0 Å². The highest BCUT2D eigenvalue weighted by Gasteiger charge is 2.12. The molecule has 0 fully saturated rings. The number of nitrogens with zero attached hydrogens (tertiary/aromatic N) is 1. The number of carbonyl (C=O) groups excluding carboxylic acids is 1. The van der Waals surface area contributed by atoms with Crippen molar-refractivity contribution >= 4 is 29.1 Å². The monoisotopic (exact) mass is 324 g/mol. The quantitative estimate of drug-likeness (QED) is 0.652. The van der Waals surface area contributed by atoms with Gasteiger partial charge in [0.1, 0.15) is 16.6 Å². The van der Waals surface area contributed by atoms with Crippen molar-refractivity contribution in [2.75, 3.05) is 13.2 Å². The third-order valence-corrected chi connectivity index (χ3v) is 3.16. The van der Waals surface area contributed by atoms with E-state index < -0.39 is 0 Å². The molecule has 0 spiro atoms. The van der Waals surface area contributed by atoms with Gasteiger partial charge >= 0.3 is 0 Å². The summed E-state index contributed by atoms with van der Waals surface area (Å²) in [6, 6.07) is 12.6. The van der Waals surface area contributed by atoms with Gasteiger partial charge in [0, 0.05) is 6.54 Å². The van der Waals surface area contributed by atoms with Gasteiger partial charge in [-0.3, -0.25) is 4.79 Å². The molecule has 0 saturated heterocycles. The SMILES string of the molecule is O=C(NCCCOc1ccccc1)c1nc(Cl)ccc1Cl. The molecule has 2 aromatic rings. The maximum atomic E-state index is 11.9. The summed E-state index contributed by atoms with van der Waals surface area (Å²) in [5, 5.41) is 3.24. The second-order valence-corrected chi connectivity index (χ2v) is 5.03. The highest BCUT2D eigenvalue weighted by atomic mass is 35.5. The smallest absolute Gasteiger partial charge is 0.271 e. The molecule has 0 radical (unpaired) electrons. The maximum absolute atomic E-state index is 11.9. The van der Waals surface area contributed by atoms with Crippen LogP contribution < -0.4 is 10.1 Å². The molecule has 6 heteroatoms. The average molecular weight is 325 g/mol. The van der Waals surface area contributed by atoms with E-state index in [1.165, 1.54) is 6.07 Å². The number of ether oxygens (including phenoxy) is 1. The van der Waals surface area contributed by atoms with Crippen LogP contribution in [-0.2, 0) is 0 Å². The molecular formula is C15H14Cl2N2O2. The molecule has 1 heterocycles. The molecule has 110 valence electrons. The first-order valence-corrected chi connectivity index (χ1v) is 7.20. The van der Waals surface area contributed by atoms with Crippen molar-refractivity contribution < 1.29 is 9.53 Å². The number of hydrogen-bond acceptors (Lipinski definition) is 3. The summed E-state index contributed by atoms with van der Waals surface area (Å²) in [5.41, 5.74) is 0.133. The van der Waals surface area contributed by atoms with E-state index in [2.05, 4.69) is 10.3 Å². The van der Waals surface area contributed by atoms with E-state index in [1.807, 2.05) is 30.3 Å². The molecule has 1 aromatic carbocycles. The van der Waals surface area contributed by atoms with Crippen LogP contribution in [0.5, 0.6) is 5.75 Å². The van der Waals surface area contributed by atoms with Gasteiger partial charge in [-0.1, -0.05) is 41.4 Å². The first-order chi connectivity index (χ1) is 10.2. The predicted molar refractivity (Wildman–Crippen MR) is 83.1 cm³/mol. The minimum absolute atomic E-state index is 0.133.